The lowest BCUT2D eigenvalue weighted by Crippen LogP contribution is -2.10. The Labute approximate surface area is 182 Å². The van der Waals surface area contributed by atoms with Gasteiger partial charge in [-0.25, -0.2) is 4.79 Å². The molecule has 0 aromatic heterocycles. The summed E-state index contributed by atoms with van der Waals surface area (Å²) in [6.07, 6.45) is 1.49. The van der Waals surface area contributed by atoms with Crippen LogP contribution in [0.2, 0.25) is 0 Å². The molecule has 1 N–H and O–H groups in total. The monoisotopic (exact) mass is 417 g/mol. The third-order valence-electron chi connectivity index (χ3n) is 4.74. The topological polar surface area (TPSA) is 68.1 Å². The molecule has 3 aromatic carbocycles. The number of carboxylic acid groups (broad SMARTS) is 1. The molecule has 0 atom stereocenters. The van der Waals surface area contributed by atoms with Crippen molar-refractivity contribution in [3.8, 4) is 16.9 Å². The molecule has 0 saturated heterocycles. The zero-order valence-corrected chi connectivity index (χ0v) is 18.0. The molecule has 0 aliphatic heterocycles. The molecule has 0 aliphatic rings. The smallest absolute Gasteiger partial charge is 0.344 e. The number of carboxylic acids is 1. The lowest BCUT2D eigenvalue weighted by atomic mass is 9.87. The Kier molecular flexibility index (Phi) is 7.08. The van der Waals surface area contributed by atoms with Gasteiger partial charge in [0.1, 0.15) is 12.4 Å². The molecule has 3 rings (SSSR count). The summed E-state index contributed by atoms with van der Waals surface area (Å²) in [4.78, 5) is 15.2. The van der Waals surface area contributed by atoms with Gasteiger partial charge < -0.3 is 14.7 Å². The van der Waals surface area contributed by atoms with E-state index in [4.69, 9.17) is 14.7 Å². The highest BCUT2D eigenvalue weighted by molar-refractivity contribution is 5.82. The van der Waals surface area contributed by atoms with E-state index >= 15 is 0 Å². The van der Waals surface area contributed by atoms with E-state index in [1.807, 2.05) is 48.5 Å². The SMILES string of the molecule is CC(C)(C)c1ccc(COc2cccc(-c3cccc(C=NOCC(=O)O)c3)c2)cc1. The third-order valence-corrected chi connectivity index (χ3v) is 4.74. The first-order valence-electron chi connectivity index (χ1n) is 10.1. The van der Waals surface area contributed by atoms with Gasteiger partial charge in [0.05, 0.1) is 6.21 Å². The van der Waals surface area contributed by atoms with Gasteiger partial charge in [0, 0.05) is 0 Å². The van der Waals surface area contributed by atoms with Gasteiger partial charge in [-0.3, -0.25) is 0 Å². The van der Waals surface area contributed by atoms with E-state index in [2.05, 4.69) is 50.2 Å². The van der Waals surface area contributed by atoms with E-state index in [-0.39, 0.29) is 5.41 Å². The van der Waals surface area contributed by atoms with E-state index in [0.717, 1.165) is 28.0 Å². The Balaban J connectivity index is 1.66. The van der Waals surface area contributed by atoms with E-state index in [1.54, 1.807) is 0 Å². The molecule has 0 fully saturated rings. The largest absolute Gasteiger partial charge is 0.489 e. The third kappa shape index (κ3) is 6.71. The number of nitrogens with zero attached hydrogens (tertiary/aromatic N) is 1. The molecule has 31 heavy (non-hydrogen) atoms. The van der Waals surface area contributed by atoms with Crippen LogP contribution in [0.3, 0.4) is 0 Å². The van der Waals surface area contributed by atoms with Crippen LogP contribution in [-0.2, 0) is 21.7 Å². The zero-order valence-electron chi connectivity index (χ0n) is 18.0. The number of ether oxygens (including phenoxy) is 1. The number of aliphatic carboxylic acids is 1. The highest BCUT2D eigenvalue weighted by Gasteiger charge is 2.12. The van der Waals surface area contributed by atoms with Crippen LogP contribution in [0.25, 0.3) is 11.1 Å². The van der Waals surface area contributed by atoms with Gasteiger partial charge in [-0.15, -0.1) is 0 Å². The Morgan fingerprint density at radius 2 is 1.65 bits per heavy atom. The summed E-state index contributed by atoms with van der Waals surface area (Å²) in [5, 5.41) is 12.3. The fourth-order valence-electron chi connectivity index (χ4n) is 3.02. The van der Waals surface area contributed by atoms with E-state index < -0.39 is 12.6 Å². The molecule has 0 aliphatic carbocycles. The average Bonchev–Trinajstić information content (AvgIpc) is 2.75. The molecule has 0 unspecified atom stereocenters. The molecule has 0 bridgehead atoms. The van der Waals surface area contributed by atoms with E-state index in [1.165, 1.54) is 11.8 Å². The summed E-state index contributed by atoms with van der Waals surface area (Å²) in [5.41, 5.74) is 5.39. The summed E-state index contributed by atoms with van der Waals surface area (Å²) in [7, 11) is 0. The van der Waals surface area contributed by atoms with Crippen LogP contribution in [0.5, 0.6) is 5.75 Å². The second-order valence-corrected chi connectivity index (χ2v) is 8.29. The van der Waals surface area contributed by atoms with Crippen molar-refractivity contribution in [3.63, 3.8) is 0 Å². The normalized spacial score (nSPS) is 11.5. The molecule has 5 nitrogen and oxygen atoms in total. The van der Waals surface area contributed by atoms with Gasteiger partial charge >= 0.3 is 5.97 Å². The van der Waals surface area contributed by atoms with Crippen LogP contribution in [0, 0.1) is 0 Å². The fourth-order valence-corrected chi connectivity index (χ4v) is 3.02. The number of benzene rings is 3. The highest BCUT2D eigenvalue weighted by atomic mass is 16.6. The van der Waals surface area contributed by atoms with Crippen molar-refractivity contribution in [1.82, 2.24) is 0 Å². The molecule has 0 radical (unpaired) electrons. The van der Waals surface area contributed by atoms with Crippen LogP contribution in [0.1, 0.15) is 37.5 Å². The minimum Gasteiger partial charge on any atom is -0.489 e. The van der Waals surface area contributed by atoms with E-state index in [0.29, 0.717) is 6.61 Å². The Morgan fingerprint density at radius 3 is 2.32 bits per heavy atom. The lowest BCUT2D eigenvalue weighted by Gasteiger charge is -2.19. The van der Waals surface area contributed by atoms with Gasteiger partial charge in [0.2, 0.25) is 6.61 Å². The maximum atomic E-state index is 10.5. The lowest BCUT2D eigenvalue weighted by molar-refractivity contribution is -0.142. The van der Waals surface area contributed by atoms with E-state index in [9.17, 15) is 4.79 Å². The molecule has 0 heterocycles. The number of oxime groups is 1. The number of rotatable bonds is 8. The van der Waals surface area contributed by atoms with Crippen molar-refractivity contribution >= 4 is 12.2 Å². The van der Waals surface area contributed by atoms with Gasteiger partial charge in [0.15, 0.2) is 0 Å². The summed E-state index contributed by atoms with van der Waals surface area (Å²) in [6.45, 7) is 6.64. The molecular weight excluding hydrogens is 390 g/mol. The van der Waals surface area contributed by atoms with Crippen LogP contribution in [-0.4, -0.2) is 23.9 Å². The summed E-state index contributed by atoms with van der Waals surface area (Å²) in [6, 6.07) is 24.2. The van der Waals surface area contributed by atoms with Gasteiger partial charge in [0.25, 0.3) is 0 Å². The zero-order chi connectivity index (χ0) is 22.3. The van der Waals surface area contributed by atoms with Crippen LogP contribution in [0.15, 0.2) is 78.0 Å². The van der Waals surface area contributed by atoms with Gasteiger partial charge in [-0.05, 0) is 51.4 Å². The van der Waals surface area contributed by atoms with Crippen LogP contribution < -0.4 is 4.74 Å². The number of carbonyl (C=O) groups is 1. The maximum Gasteiger partial charge on any atom is 0.344 e. The molecule has 3 aromatic rings. The Morgan fingerprint density at radius 1 is 0.968 bits per heavy atom. The molecule has 160 valence electrons. The first-order chi connectivity index (χ1) is 14.8. The highest BCUT2D eigenvalue weighted by Crippen LogP contribution is 2.26. The van der Waals surface area contributed by atoms with Crippen LogP contribution >= 0.6 is 0 Å². The predicted molar refractivity (Wildman–Crippen MR) is 123 cm³/mol. The Hall–Kier alpha value is -3.60. The first kappa shape index (κ1) is 22.1. The number of hydrogen-bond acceptors (Lipinski definition) is 4. The quantitative estimate of drug-likeness (QED) is 0.379. The predicted octanol–water partition coefficient (Wildman–Crippen LogP) is 5.67. The standard InChI is InChI=1S/C26H27NO4/c1-26(2,3)23-12-10-19(11-13-23)17-30-24-9-5-8-22(15-24)21-7-4-6-20(14-21)16-27-31-18-25(28)29/h4-16H,17-18H2,1-3H3,(H,28,29). The van der Waals surface area contributed by atoms with Crippen molar-refractivity contribution in [2.45, 2.75) is 32.8 Å². The molecule has 0 spiro atoms. The van der Waals surface area contributed by atoms with Crippen molar-refractivity contribution in [2.75, 3.05) is 6.61 Å². The second-order valence-electron chi connectivity index (χ2n) is 8.29. The van der Waals surface area contributed by atoms with Crippen molar-refractivity contribution < 1.29 is 19.5 Å². The van der Waals surface area contributed by atoms with Gasteiger partial charge in [-0.2, -0.15) is 0 Å². The first-order valence-corrected chi connectivity index (χ1v) is 10.1. The molecule has 0 amide bonds. The Bertz CT molecular complexity index is 1050. The van der Waals surface area contributed by atoms with Gasteiger partial charge in [-0.1, -0.05) is 80.5 Å². The summed E-state index contributed by atoms with van der Waals surface area (Å²) < 4.78 is 6.01. The minimum atomic E-state index is -1.06. The van der Waals surface area contributed by atoms with Crippen molar-refractivity contribution in [1.29, 1.82) is 0 Å². The fraction of sp³-hybridized carbons (Fsp3) is 0.231. The molecular formula is C26H27NO4. The summed E-state index contributed by atoms with van der Waals surface area (Å²) >= 11 is 0. The second kappa shape index (κ2) is 9.94. The van der Waals surface area contributed by atoms with Crippen molar-refractivity contribution in [3.05, 3.63) is 89.5 Å². The number of hydrogen-bond donors (Lipinski definition) is 1. The minimum absolute atomic E-state index is 0.134. The maximum absolute atomic E-state index is 10.5. The summed E-state index contributed by atoms with van der Waals surface area (Å²) in [5.74, 6) is -0.269. The molecule has 5 heteroatoms. The molecule has 0 saturated carbocycles. The van der Waals surface area contributed by atoms with Crippen molar-refractivity contribution in [2.24, 2.45) is 5.16 Å². The van der Waals surface area contributed by atoms with Crippen LogP contribution in [0.4, 0.5) is 0 Å². The average molecular weight is 418 g/mol.